The quantitative estimate of drug-likeness (QED) is 0.728. The molecule has 0 saturated heterocycles. The van der Waals surface area contributed by atoms with Gasteiger partial charge in [0.15, 0.2) is 11.3 Å². The Morgan fingerprint density at radius 3 is 3.00 bits per heavy atom. The summed E-state index contributed by atoms with van der Waals surface area (Å²) in [6.07, 6.45) is 5.20. The van der Waals surface area contributed by atoms with Gasteiger partial charge in [-0.25, -0.2) is 9.78 Å². The van der Waals surface area contributed by atoms with Crippen molar-refractivity contribution in [2.24, 2.45) is 7.05 Å². The van der Waals surface area contributed by atoms with Gasteiger partial charge in [-0.05, 0) is 0 Å². The molecule has 0 saturated carbocycles. The molecule has 3 aromatic heterocycles. The minimum absolute atomic E-state index is 0.0216. The minimum atomic E-state index is -1.07. The number of rotatable bonds is 4. The molecule has 0 fully saturated rings. The summed E-state index contributed by atoms with van der Waals surface area (Å²) in [5, 5.41) is 20.4. The highest BCUT2D eigenvalue weighted by molar-refractivity contribution is 5.87. The van der Waals surface area contributed by atoms with Gasteiger partial charge in [-0.1, -0.05) is 0 Å². The number of nitrogens with zero attached hydrogens (tertiary/aromatic N) is 5. The lowest BCUT2D eigenvalue weighted by Crippen LogP contribution is -2.09. The Labute approximate surface area is 113 Å². The third-order valence-corrected chi connectivity index (χ3v) is 2.81. The van der Waals surface area contributed by atoms with E-state index in [2.05, 4.69) is 20.5 Å². The van der Waals surface area contributed by atoms with Crippen LogP contribution in [0.2, 0.25) is 0 Å². The Balaban J connectivity index is 1.93. The van der Waals surface area contributed by atoms with Gasteiger partial charge < -0.3 is 10.4 Å². The van der Waals surface area contributed by atoms with Crippen molar-refractivity contribution in [2.75, 3.05) is 5.32 Å². The second-order valence-corrected chi connectivity index (χ2v) is 4.31. The van der Waals surface area contributed by atoms with Gasteiger partial charge in [0.05, 0.1) is 12.4 Å². The van der Waals surface area contributed by atoms with Crippen molar-refractivity contribution in [1.82, 2.24) is 24.4 Å². The number of carboxylic acid groups (broad SMARTS) is 1. The summed E-state index contributed by atoms with van der Waals surface area (Å²) in [4.78, 5) is 15.1. The van der Waals surface area contributed by atoms with Crippen LogP contribution < -0.4 is 5.32 Å². The summed E-state index contributed by atoms with van der Waals surface area (Å²) in [6.45, 7) is 0.520. The number of aromatic carboxylic acids is 1. The van der Waals surface area contributed by atoms with Crippen LogP contribution in [0.3, 0.4) is 0 Å². The molecule has 0 aliphatic heterocycles. The molecule has 0 aliphatic rings. The van der Waals surface area contributed by atoms with Gasteiger partial charge in [0.25, 0.3) is 0 Å². The Bertz CT molecular complexity index is 775. The van der Waals surface area contributed by atoms with Crippen molar-refractivity contribution < 1.29 is 9.90 Å². The highest BCUT2D eigenvalue weighted by atomic mass is 16.4. The zero-order valence-corrected chi connectivity index (χ0v) is 10.7. The van der Waals surface area contributed by atoms with E-state index >= 15 is 0 Å². The van der Waals surface area contributed by atoms with Gasteiger partial charge in [0.2, 0.25) is 0 Å². The van der Waals surface area contributed by atoms with Crippen LogP contribution in [0.1, 0.15) is 16.1 Å². The van der Waals surface area contributed by atoms with E-state index in [-0.39, 0.29) is 5.69 Å². The molecular weight excluding hydrogens is 260 g/mol. The molecule has 0 radical (unpaired) electrons. The summed E-state index contributed by atoms with van der Waals surface area (Å²) in [7, 11) is 1.84. The molecule has 3 aromatic rings. The maximum absolute atomic E-state index is 11.1. The molecule has 8 heteroatoms. The fourth-order valence-electron chi connectivity index (χ4n) is 1.90. The Kier molecular flexibility index (Phi) is 2.82. The van der Waals surface area contributed by atoms with Crippen molar-refractivity contribution in [1.29, 1.82) is 0 Å². The topological polar surface area (TPSA) is 97.3 Å². The number of anilines is 1. The number of aryl methyl sites for hydroxylation is 1. The van der Waals surface area contributed by atoms with E-state index in [0.717, 1.165) is 5.56 Å². The fourth-order valence-corrected chi connectivity index (χ4v) is 1.90. The van der Waals surface area contributed by atoms with E-state index in [4.69, 9.17) is 5.11 Å². The van der Waals surface area contributed by atoms with E-state index in [0.29, 0.717) is 18.0 Å². The third kappa shape index (κ3) is 2.18. The first-order chi connectivity index (χ1) is 9.63. The Morgan fingerprint density at radius 1 is 1.45 bits per heavy atom. The van der Waals surface area contributed by atoms with Crippen molar-refractivity contribution in [3.63, 3.8) is 0 Å². The van der Waals surface area contributed by atoms with Crippen LogP contribution in [-0.4, -0.2) is 35.5 Å². The van der Waals surface area contributed by atoms with E-state index in [1.807, 2.05) is 13.2 Å². The first-order valence-electron chi connectivity index (χ1n) is 5.93. The molecule has 2 N–H and O–H groups in total. The van der Waals surface area contributed by atoms with E-state index in [9.17, 15) is 4.79 Å². The van der Waals surface area contributed by atoms with Crippen molar-refractivity contribution in [2.45, 2.75) is 6.54 Å². The van der Waals surface area contributed by atoms with E-state index < -0.39 is 5.97 Å². The first-order valence-corrected chi connectivity index (χ1v) is 5.93. The fraction of sp³-hybridized carbons (Fsp3) is 0.167. The molecule has 0 unspecified atom stereocenters. The van der Waals surface area contributed by atoms with Gasteiger partial charge >= 0.3 is 5.97 Å². The molecule has 0 bridgehead atoms. The van der Waals surface area contributed by atoms with Crippen LogP contribution in [0.15, 0.2) is 30.7 Å². The summed E-state index contributed by atoms with van der Waals surface area (Å²) in [5.41, 5.74) is 1.45. The second-order valence-electron chi connectivity index (χ2n) is 4.31. The standard InChI is InChI=1S/C12H12N6O2/c1-17-7-8(6-15-17)5-13-11-4-9(12(19)20)16-10-2-3-14-18(10)11/h2-4,6-7,13H,5H2,1H3,(H,19,20). The number of hydrogen-bond acceptors (Lipinski definition) is 5. The molecular formula is C12H12N6O2. The van der Waals surface area contributed by atoms with Crippen molar-refractivity contribution in [3.8, 4) is 0 Å². The number of carbonyl (C=O) groups is 1. The van der Waals surface area contributed by atoms with Crippen LogP contribution in [-0.2, 0) is 13.6 Å². The van der Waals surface area contributed by atoms with Crippen LogP contribution in [0.5, 0.6) is 0 Å². The van der Waals surface area contributed by atoms with Gasteiger partial charge in [-0.2, -0.15) is 14.7 Å². The first kappa shape index (κ1) is 12.2. The number of fused-ring (bicyclic) bond motifs is 1. The molecule has 0 aliphatic carbocycles. The van der Waals surface area contributed by atoms with Gasteiger partial charge in [0.1, 0.15) is 5.82 Å². The number of aromatic nitrogens is 5. The molecule has 3 heterocycles. The smallest absolute Gasteiger partial charge is 0.354 e. The highest BCUT2D eigenvalue weighted by Gasteiger charge is 2.11. The number of carboxylic acids is 1. The minimum Gasteiger partial charge on any atom is -0.477 e. The highest BCUT2D eigenvalue weighted by Crippen LogP contribution is 2.13. The third-order valence-electron chi connectivity index (χ3n) is 2.81. The lowest BCUT2D eigenvalue weighted by molar-refractivity contribution is 0.0690. The lowest BCUT2D eigenvalue weighted by Gasteiger charge is -2.08. The molecule has 0 atom stereocenters. The monoisotopic (exact) mass is 272 g/mol. The average molecular weight is 272 g/mol. The molecule has 102 valence electrons. The van der Waals surface area contributed by atoms with Gasteiger partial charge in [-0.3, -0.25) is 4.68 Å². The van der Waals surface area contributed by atoms with Crippen LogP contribution in [0.25, 0.3) is 5.65 Å². The summed E-state index contributed by atoms with van der Waals surface area (Å²) >= 11 is 0. The Morgan fingerprint density at radius 2 is 2.30 bits per heavy atom. The normalized spacial score (nSPS) is 10.8. The molecule has 0 amide bonds. The van der Waals surface area contributed by atoms with Crippen LogP contribution in [0.4, 0.5) is 5.82 Å². The Hall–Kier alpha value is -2.90. The predicted octanol–water partition coefficient (Wildman–Crippen LogP) is 0.773. The van der Waals surface area contributed by atoms with Crippen LogP contribution >= 0.6 is 0 Å². The maximum atomic E-state index is 11.1. The molecule has 8 nitrogen and oxygen atoms in total. The van der Waals surface area contributed by atoms with E-state index in [1.165, 1.54) is 6.07 Å². The van der Waals surface area contributed by atoms with Crippen molar-refractivity contribution in [3.05, 3.63) is 42.0 Å². The maximum Gasteiger partial charge on any atom is 0.354 e. The average Bonchev–Trinajstić information content (AvgIpc) is 3.04. The van der Waals surface area contributed by atoms with Crippen molar-refractivity contribution >= 4 is 17.4 Å². The molecule has 0 spiro atoms. The number of nitrogens with one attached hydrogen (secondary N) is 1. The molecule has 3 rings (SSSR count). The summed E-state index contributed by atoms with van der Waals surface area (Å²) in [5.74, 6) is -0.501. The zero-order valence-electron chi connectivity index (χ0n) is 10.7. The van der Waals surface area contributed by atoms with Crippen LogP contribution in [0, 0.1) is 0 Å². The number of hydrogen-bond donors (Lipinski definition) is 2. The predicted molar refractivity (Wildman–Crippen MR) is 70.5 cm³/mol. The SMILES string of the molecule is Cn1cc(CNc2cc(C(=O)O)nc3ccnn23)cn1. The van der Waals surface area contributed by atoms with Gasteiger partial charge in [-0.15, -0.1) is 0 Å². The van der Waals surface area contributed by atoms with E-state index in [1.54, 1.807) is 27.7 Å². The molecule has 20 heavy (non-hydrogen) atoms. The lowest BCUT2D eigenvalue weighted by atomic mass is 10.3. The van der Waals surface area contributed by atoms with Gasteiger partial charge in [0, 0.05) is 37.5 Å². The zero-order chi connectivity index (χ0) is 14.1. The molecule has 0 aromatic carbocycles. The largest absolute Gasteiger partial charge is 0.477 e. The second kappa shape index (κ2) is 4.65. The summed E-state index contributed by atoms with van der Waals surface area (Å²) in [6, 6.07) is 3.11. The summed E-state index contributed by atoms with van der Waals surface area (Å²) < 4.78 is 3.26.